The molecule has 0 saturated carbocycles. The molecule has 0 aromatic carbocycles. The van der Waals surface area contributed by atoms with Crippen LogP contribution in [0.25, 0.3) is 0 Å². The molecule has 0 saturated heterocycles. The van der Waals surface area contributed by atoms with E-state index in [9.17, 15) is 43.2 Å². The monoisotopic (exact) mass is 1400 g/mol. The highest BCUT2D eigenvalue weighted by atomic mass is 31.2. The summed E-state index contributed by atoms with van der Waals surface area (Å²) in [6.45, 7) is 14.1. The third kappa shape index (κ3) is 70.3. The first kappa shape index (κ1) is 93.1. The van der Waals surface area contributed by atoms with Gasteiger partial charge in [0.15, 0.2) is 12.2 Å². The minimum atomic E-state index is -4.96. The van der Waals surface area contributed by atoms with Gasteiger partial charge in [-0.25, -0.2) is 9.13 Å². The Hall–Kier alpha value is -1.94. The van der Waals surface area contributed by atoms with Gasteiger partial charge in [-0.15, -0.1) is 0 Å². The maximum atomic E-state index is 13.1. The van der Waals surface area contributed by atoms with Crippen LogP contribution in [0.1, 0.15) is 383 Å². The van der Waals surface area contributed by atoms with Crippen molar-refractivity contribution >= 4 is 39.5 Å². The SMILES string of the molecule is CC(C)CCCCCCCCCCCCCCCCCC(=O)O[C@H](COC(=O)CCCCCCCCCCCCCCCCC(C)C)COP(=O)(O)OC[C@@H](O)COP(=O)(O)OC[C@@H](COC(=O)CCCCCCCCC(C)C)OC(=O)CCCCCCCCCCC(C)C. The number of carbonyl (C=O) groups is 4. The molecule has 0 aliphatic carbocycles. The molecule has 3 N–H and O–H groups in total. The van der Waals surface area contributed by atoms with Gasteiger partial charge in [0.2, 0.25) is 0 Å². The molecule has 2 unspecified atom stereocenters. The molecule has 0 spiro atoms. The van der Waals surface area contributed by atoms with Gasteiger partial charge in [0.1, 0.15) is 19.3 Å². The van der Waals surface area contributed by atoms with E-state index in [1.807, 2.05) is 0 Å². The van der Waals surface area contributed by atoms with Crippen molar-refractivity contribution in [2.45, 2.75) is 401 Å². The fourth-order valence-electron chi connectivity index (χ4n) is 11.6. The minimum Gasteiger partial charge on any atom is -0.462 e. The van der Waals surface area contributed by atoms with Crippen molar-refractivity contribution in [2.75, 3.05) is 39.6 Å². The van der Waals surface area contributed by atoms with Crippen molar-refractivity contribution in [3.63, 3.8) is 0 Å². The van der Waals surface area contributed by atoms with E-state index in [0.717, 1.165) is 114 Å². The fraction of sp³-hybridized carbons (Fsp3) is 0.947. The number of unbranched alkanes of at least 4 members (excludes halogenated alkanes) is 39. The lowest BCUT2D eigenvalue weighted by atomic mass is 10.0. The molecule has 0 rings (SSSR count). The second kappa shape index (κ2) is 65.4. The third-order valence-electron chi connectivity index (χ3n) is 17.6. The van der Waals surface area contributed by atoms with Gasteiger partial charge in [-0.1, -0.05) is 331 Å². The van der Waals surface area contributed by atoms with Crippen LogP contribution >= 0.6 is 15.6 Å². The number of hydrogen-bond acceptors (Lipinski definition) is 15. The molecule has 0 fully saturated rings. The van der Waals surface area contributed by atoms with Crippen molar-refractivity contribution in [1.29, 1.82) is 0 Å². The van der Waals surface area contributed by atoms with Crippen molar-refractivity contribution in [3.05, 3.63) is 0 Å². The van der Waals surface area contributed by atoms with Crippen molar-refractivity contribution < 1.29 is 80.2 Å². The summed E-state index contributed by atoms with van der Waals surface area (Å²) in [6, 6.07) is 0. The van der Waals surface area contributed by atoms with E-state index >= 15 is 0 Å². The Morgan fingerprint density at radius 3 is 0.653 bits per heavy atom. The number of esters is 4. The molecule has 0 aliphatic rings. The van der Waals surface area contributed by atoms with E-state index in [1.54, 1.807) is 0 Å². The summed E-state index contributed by atoms with van der Waals surface area (Å²) in [6.07, 6.45) is 50.2. The predicted molar refractivity (Wildman–Crippen MR) is 386 cm³/mol. The average Bonchev–Trinajstić information content (AvgIpc) is 1.42. The molecule has 0 bridgehead atoms. The van der Waals surface area contributed by atoms with Crippen molar-refractivity contribution in [3.8, 4) is 0 Å². The molecule has 0 radical (unpaired) electrons. The van der Waals surface area contributed by atoms with Crippen LogP contribution < -0.4 is 0 Å². The van der Waals surface area contributed by atoms with Gasteiger partial charge in [0, 0.05) is 25.7 Å². The largest absolute Gasteiger partial charge is 0.472 e. The van der Waals surface area contributed by atoms with E-state index in [4.69, 9.17) is 37.0 Å². The van der Waals surface area contributed by atoms with Crippen LogP contribution in [0.2, 0.25) is 0 Å². The Balaban J connectivity index is 5.22. The molecular weight excluding hydrogens is 1250 g/mol. The molecule has 0 heterocycles. The summed E-state index contributed by atoms with van der Waals surface area (Å²) in [5, 5.41) is 10.6. The summed E-state index contributed by atoms with van der Waals surface area (Å²) < 4.78 is 68.5. The predicted octanol–water partition coefficient (Wildman–Crippen LogP) is 22.0. The Morgan fingerprint density at radius 2 is 0.442 bits per heavy atom. The van der Waals surface area contributed by atoms with E-state index in [1.165, 1.54) is 180 Å². The van der Waals surface area contributed by atoms with Crippen LogP contribution in [0.4, 0.5) is 0 Å². The Kier molecular flexibility index (Phi) is 64.0. The number of rotatable bonds is 73. The van der Waals surface area contributed by atoms with E-state index < -0.39 is 97.5 Å². The summed E-state index contributed by atoms with van der Waals surface area (Å²) >= 11 is 0. The normalized spacial score (nSPS) is 14.1. The van der Waals surface area contributed by atoms with Gasteiger partial charge >= 0.3 is 39.5 Å². The van der Waals surface area contributed by atoms with E-state index in [0.29, 0.717) is 31.6 Å². The number of phosphoric acid groups is 2. The molecule has 0 aromatic heterocycles. The molecule has 564 valence electrons. The summed E-state index contributed by atoms with van der Waals surface area (Å²) in [5.74, 6) is 0.875. The molecule has 17 nitrogen and oxygen atoms in total. The number of hydrogen-bond donors (Lipinski definition) is 3. The van der Waals surface area contributed by atoms with E-state index in [2.05, 4.69) is 55.4 Å². The number of aliphatic hydroxyl groups is 1. The van der Waals surface area contributed by atoms with Gasteiger partial charge < -0.3 is 33.8 Å². The van der Waals surface area contributed by atoms with Crippen LogP contribution in [-0.4, -0.2) is 96.7 Å². The molecule has 19 heteroatoms. The van der Waals surface area contributed by atoms with Crippen LogP contribution in [-0.2, 0) is 65.4 Å². The second-order valence-electron chi connectivity index (χ2n) is 29.3. The molecule has 0 aliphatic heterocycles. The highest BCUT2D eigenvalue weighted by Gasteiger charge is 2.30. The molecular formula is C76H148O17P2. The lowest BCUT2D eigenvalue weighted by Crippen LogP contribution is -2.30. The zero-order valence-electron chi connectivity index (χ0n) is 62.3. The van der Waals surface area contributed by atoms with Gasteiger partial charge in [-0.3, -0.25) is 37.3 Å². The Morgan fingerprint density at radius 1 is 0.263 bits per heavy atom. The molecule has 95 heavy (non-hydrogen) atoms. The zero-order valence-corrected chi connectivity index (χ0v) is 64.1. The van der Waals surface area contributed by atoms with Crippen LogP contribution in [0.3, 0.4) is 0 Å². The quantitative estimate of drug-likeness (QED) is 0.0222. The van der Waals surface area contributed by atoms with Crippen LogP contribution in [0.5, 0.6) is 0 Å². The zero-order chi connectivity index (χ0) is 70.3. The lowest BCUT2D eigenvalue weighted by molar-refractivity contribution is -0.161. The first-order valence-electron chi connectivity index (χ1n) is 39.2. The Bertz CT molecular complexity index is 1870. The molecule has 0 aromatic rings. The number of carbonyl (C=O) groups excluding carboxylic acids is 4. The van der Waals surface area contributed by atoms with Gasteiger partial charge in [0.25, 0.3) is 0 Å². The fourth-order valence-corrected chi connectivity index (χ4v) is 13.1. The first-order valence-corrected chi connectivity index (χ1v) is 42.2. The number of aliphatic hydroxyl groups excluding tert-OH is 1. The summed E-state index contributed by atoms with van der Waals surface area (Å²) in [4.78, 5) is 72.7. The molecule has 0 amide bonds. The van der Waals surface area contributed by atoms with Crippen molar-refractivity contribution in [1.82, 2.24) is 0 Å². The van der Waals surface area contributed by atoms with Gasteiger partial charge in [-0.05, 0) is 49.4 Å². The highest BCUT2D eigenvalue weighted by molar-refractivity contribution is 7.47. The van der Waals surface area contributed by atoms with E-state index in [-0.39, 0.29) is 25.7 Å². The average molecular weight is 1400 g/mol. The topological polar surface area (TPSA) is 237 Å². The van der Waals surface area contributed by atoms with Crippen molar-refractivity contribution in [2.24, 2.45) is 23.7 Å². The smallest absolute Gasteiger partial charge is 0.462 e. The third-order valence-corrected chi connectivity index (χ3v) is 19.5. The minimum absolute atomic E-state index is 0.103. The van der Waals surface area contributed by atoms with Crippen LogP contribution in [0.15, 0.2) is 0 Å². The van der Waals surface area contributed by atoms with Gasteiger partial charge in [-0.2, -0.15) is 0 Å². The summed E-state index contributed by atoms with van der Waals surface area (Å²) in [5.41, 5.74) is 0. The van der Waals surface area contributed by atoms with Gasteiger partial charge in [0.05, 0.1) is 26.4 Å². The summed E-state index contributed by atoms with van der Waals surface area (Å²) in [7, 11) is -9.91. The maximum absolute atomic E-state index is 13.1. The number of ether oxygens (including phenoxy) is 4. The Labute approximate surface area is 581 Å². The molecule has 5 atom stereocenters. The number of phosphoric ester groups is 2. The maximum Gasteiger partial charge on any atom is 0.472 e. The standard InChI is InChI=1S/C76H148O17P2/c1-66(2)52-44-36-28-22-18-14-10-9-11-17-21-25-32-42-50-58-75(80)92-71(62-86-73(78)56-48-40-31-24-20-16-13-12-15-19-23-29-37-45-53-67(3)4)64-90-94(82,83)88-60-70(77)61-89-95(84,85)91-65-72(63-87-74(79)57-49-41-35-34-39-47-55-69(7)8)93-76(81)59-51-43-33-27-26-30-38-46-54-68(5)6/h66-72,77H,9-65H2,1-8H3,(H,82,83)(H,84,85)/t70-,71-,72-/m1/s1. The first-order chi connectivity index (χ1) is 45.6. The lowest BCUT2D eigenvalue weighted by Gasteiger charge is -2.21. The van der Waals surface area contributed by atoms with Crippen LogP contribution in [0, 0.1) is 23.7 Å². The highest BCUT2D eigenvalue weighted by Crippen LogP contribution is 2.45. The second-order valence-corrected chi connectivity index (χ2v) is 32.2.